The zero-order valence-electron chi connectivity index (χ0n) is 13.2. The van der Waals surface area contributed by atoms with Crippen LogP contribution in [-0.4, -0.2) is 17.7 Å². The molecule has 0 aliphatic heterocycles. The zero-order valence-corrected chi connectivity index (χ0v) is 13.9. The smallest absolute Gasteiger partial charge is 0.311 e. The first-order valence-corrected chi connectivity index (χ1v) is 8.18. The minimum atomic E-state index is -0.851. The normalized spacial score (nSPS) is 11.9. The molecular weight excluding hydrogens is 312 g/mol. The van der Waals surface area contributed by atoms with E-state index in [1.54, 1.807) is 24.3 Å². The highest BCUT2D eigenvalue weighted by Crippen LogP contribution is 2.28. The molecule has 1 unspecified atom stereocenters. The largest absolute Gasteiger partial charge is 0.493 e. The van der Waals surface area contributed by atoms with Gasteiger partial charge in [-0.1, -0.05) is 55.3 Å². The highest BCUT2D eigenvalue weighted by Gasteiger charge is 2.22. The molecule has 122 valence electrons. The van der Waals surface area contributed by atoms with Gasteiger partial charge in [-0.25, -0.2) is 0 Å². The molecule has 2 aromatic carbocycles. The molecule has 0 radical (unpaired) electrons. The average molecular weight is 333 g/mol. The summed E-state index contributed by atoms with van der Waals surface area (Å²) in [5.41, 5.74) is 1.65. The number of rotatable bonds is 8. The zero-order chi connectivity index (χ0) is 16.7. The summed E-state index contributed by atoms with van der Waals surface area (Å²) in [5, 5.41) is 10.2. The molecule has 0 fully saturated rings. The van der Waals surface area contributed by atoms with Crippen LogP contribution in [0, 0.1) is 0 Å². The maximum atomic E-state index is 11.7. The van der Waals surface area contributed by atoms with Crippen molar-refractivity contribution >= 4 is 17.6 Å². The Kier molecular flexibility index (Phi) is 6.48. The van der Waals surface area contributed by atoms with Gasteiger partial charge in [0.25, 0.3) is 0 Å². The number of unbranched alkanes of at least 4 members (excludes halogenated alkanes) is 1. The number of carbonyl (C=O) groups is 1. The third-order valence-electron chi connectivity index (χ3n) is 3.72. The molecule has 0 heterocycles. The number of ether oxygens (including phenoxy) is 1. The number of carboxylic acids is 1. The fourth-order valence-corrected chi connectivity index (χ4v) is 2.53. The molecule has 2 aromatic rings. The topological polar surface area (TPSA) is 46.5 Å². The van der Waals surface area contributed by atoms with E-state index in [0.717, 1.165) is 29.7 Å². The molecule has 23 heavy (non-hydrogen) atoms. The van der Waals surface area contributed by atoms with Crippen molar-refractivity contribution in [1.29, 1.82) is 0 Å². The van der Waals surface area contributed by atoms with E-state index in [2.05, 4.69) is 6.92 Å². The monoisotopic (exact) mass is 332 g/mol. The van der Waals surface area contributed by atoms with Crippen LogP contribution in [0.2, 0.25) is 5.02 Å². The van der Waals surface area contributed by atoms with Crippen LogP contribution in [-0.2, 0) is 11.2 Å². The first-order valence-electron chi connectivity index (χ1n) is 7.80. The predicted molar refractivity (Wildman–Crippen MR) is 92.4 cm³/mol. The van der Waals surface area contributed by atoms with Gasteiger partial charge < -0.3 is 9.84 Å². The summed E-state index contributed by atoms with van der Waals surface area (Å²) in [4.78, 5) is 11.7. The maximum absolute atomic E-state index is 11.7. The summed E-state index contributed by atoms with van der Waals surface area (Å²) in [5.74, 6) is -0.708. The van der Waals surface area contributed by atoms with Crippen molar-refractivity contribution < 1.29 is 14.6 Å². The Morgan fingerprint density at radius 2 is 1.87 bits per heavy atom. The van der Waals surface area contributed by atoms with Crippen molar-refractivity contribution in [1.82, 2.24) is 0 Å². The standard InChI is InChI=1S/C19H21ClO3/c1-2-3-12-23-18-7-5-4-6-15(18)13-17(19(21)22)14-8-10-16(20)11-9-14/h4-11,17H,2-3,12-13H2,1H3,(H,21,22). The van der Waals surface area contributed by atoms with Gasteiger partial charge in [-0.3, -0.25) is 4.79 Å². The molecule has 2 rings (SSSR count). The molecule has 0 saturated heterocycles. The van der Waals surface area contributed by atoms with E-state index < -0.39 is 11.9 Å². The van der Waals surface area contributed by atoms with E-state index in [-0.39, 0.29) is 0 Å². The Labute approximate surface area is 141 Å². The molecule has 0 amide bonds. The lowest BCUT2D eigenvalue weighted by Gasteiger charge is -2.16. The molecule has 1 N–H and O–H groups in total. The molecule has 0 spiro atoms. The fourth-order valence-electron chi connectivity index (χ4n) is 2.40. The van der Waals surface area contributed by atoms with Crippen molar-refractivity contribution in [2.45, 2.75) is 32.1 Å². The van der Waals surface area contributed by atoms with Crippen molar-refractivity contribution in [3.63, 3.8) is 0 Å². The summed E-state index contributed by atoms with van der Waals surface area (Å²) in [6.45, 7) is 2.75. The lowest BCUT2D eigenvalue weighted by molar-refractivity contribution is -0.138. The Morgan fingerprint density at radius 3 is 2.52 bits per heavy atom. The van der Waals surface area contributed by atoms with Crippen LogP contribution in [0.4, 0.5) is 0 Å². The Hall–Kier alpha value is -2.00. The van der Waals surface area contributed by atoms with Crippen LogP contribution < -0.4 is 4.74 Å². The van der Waals surface area contributed by atoms with Gasteiger partial charge in [-0.2, -0.15) is 0 Å². The summed E-state index contributed by atoms with van der Waals surface area (Å²) in [7, 11) is 0. The van der Waals surface area contributed by atoms with Crippen LogP contribution in [0.3, 0.4) is 0 Å². The Bertz CT molecular complexity index is 637. The summed E-state index contributed by atoms with van der Waals surface area (Å²) in [6, 6.07) is 14.6. The minimum Gasteiger partial charge on any atom is -0.493 e. The van der Waals surface area contributed by atoms with Crippen LogP contribution in [0.1, 0.15) is 36.8 Å². The molecule has 0 aliphatic carbocycles. The third kappa shape index (κ3) is 5.00. The summed E-state index contributed by atoms with van der Waals surface area (Å²) < 4.78 is 5.80. The Balaban J connectivity index is 2.20. The second-order valence-electron chi connectivity index (χ2n) is 5.46. The number of benzene rings is 2. The van der Waals surface area contributed by atoms with Crippen LogP contribution >= 0.6 is 11.6 Å². The lowest BCUT2D eigenvalue weighted by atomic mass is 9.92. The van der Waals surface area contributed by atoms with E-state index in [4.69, 9.17) is 16.3 Å². The Morgan fingerprint density at radius 1 is 1.17 bits per heavy atom. The first-order chi connectivity index (χ1) is 11.1. The molecule has 0 saturated carbocycles. The van der Waals surface area contributed by atoms with E-state index in [1.165, 1.54) is 0 Å². The van der Waals surface area contributed by atoms with Gasteiger partial charge in [0, 0.05) is 5.02 Å². The van der Waals surface area contributed by atoms with Crippen LogP contribution in [0.5, 0.6) is 5.75 Å². The number of hydrogen-bond acceptors (Lipinski definition) is 2. The van der Waals surface area contributed by atoms with Gasteiger partial charge in [0.2, 0.25) is 0 Å². The van der Waals surface area contributed by atoms with Gasteiger partial charge in [-0.15, -0.1) is 0 Å². The molecule has 4 heteroatoms. The summed E-state index contributed by atoms with van der Waals surface area (Å²) in [6.07, 6.45) is 2.43. The number of hydrogen-bond donors (Lipinski definition) is 1. The van der Waals surface area contributed by atoms with Crippen molar-refractivity contribution in [3.8, 4) is 5.75 Å². The van der Waals surface area contributed by atoms with E-state index in [9.17, 15) is 9.90 Å². The second-order valence-corrected chi connectivity index (χ2v) is 5.89. The number of carboxylic acid groups (broad SMARTS) is 1. The predicted octanol–water partition coefficient (Wildman–Crippen LogP) is 4.93. The van der Waals surface area contributed by atoms with Gasteiger partial charge in [0.15, 0.2) is 0 Å². The minimum absolute atomic E-state index is 0.388. The van der Waals surface area contributed by atoms with E-state index in [1.807, 2.05) is 24.3 Å². The van der Waals surface area contributed by atoms with Crippen molar-refractivity contribution in [2.24, 2.45) is 0 Å². The van der Waals surface area contributed by atoms with Crippen LogP contribution in [0.15, 0.2) is 48.5 Å². The first kappa shape index (κ1) is 17.4. The maximum Gasteiger partial charge on any atom is 0.311 e. The third-order valence-corrected chi connectivity index (χ3v) is 3.97. The number of halogens is 1. The quantitative estimate of drug-likeness (QED) is 0.697. The van der Waals surface area contributed by atoms with Crippen molar-refractivity contribution in [3.05, 3.63) is 64.7 Å². The number of para-hydroxylation sites is 1. The summed E-state index contributed by atoms with van der Waals surface area (Å²) >= 11 is 5.88. The average Bonchev–Trinajstić information content (AvgIpc) is 2.55. The molecule has 1 atom stereocenters. The fraction of sp³-hybridized carbons (Fsp3) is 0.316. The molecule has 0 aromatic heterocycles. The number of aliphatic carboxylic acids is 1. The van der Waals surface area contributed by atoms with Crippen LogP contribution in [0.25, 0.3) is 0 Å². The highest BCUT2D eigenvalue weighted by molar-refractivity contribution is 6.30. The molecule has 0 aliphatic rings. The van der Waals surface area contributed by atoms with Gasteiger partial charge in [-0.05, 0) is 42.2 Å². The van der Waals surface area contributed by atoms with Crippen molar-refractivity contribution in [2.75, 3.05) is 6.61 Å². The molecule has 3 nitrogen and oxygen atoms in total. The van der Waals surface area contributed by atoms with Gasteiger partial charge in [0.05, 0.1) is 12.5 Å². The lowest BCUT2D eigenvalue weighted by Crippen LogP contribution is -2.15. The van der Waals surface area contributed by atoms with Gasteiger partial charge >= 0.3 is 5.97 Å². The highest BCUT2D eigenvalue weighted by atomic mass is 35.5. The SMILES string of the molecule is CCCCOc1ccccc1CC(C(=O)O)c1ccc(Cl)cc1. The van der Waals surface area contributed by atoms with E-state index >= 15 is 0 Å². The molecule has 0 bridgehead atoms. The van der Waals surface area contributed by atoms with E-state index in [0.29, 0.717) is 18.1 Å². The molecular formula is C19H21ClO3. The van der Waals surface area contributed by atoms with Gasteiger partial charge in [0.1, 0.15) is 5.75 Å². The second kappa shape index (κ2) is 8.59.